The molecule has 1 aromatic heterocycles. The average molecular weight is 498 g/mol. The van der Waals surface area contributed by atoms with Crippen LogP contribution in [0, 0.1) is 0 Å². The third kappa shape index (κ3) is 3.42. The zero-order chi connectivity index (χ0) is 20.3. The molecule has 0 spiro atoms. The molecule has 4 aromatic rings. The minimum atomic E-state index is -0.365. The van der Waals surface area contributed by atoms with Crippen molar-refractivity contribution in [3.8, 4) is 11.1 Å². The summed E-state index contributed by atoms with van der Waals surface area (Å²) in [6.45, 7) is 13.7. The molecule has 4 rings (SSSR count). The Hall–Kier alpha value is -1.31. The van der Waals surface area contributed by atoms with Crippen LogP contribution >= 0.6 is 27.2 Å². The van der Waals surface area contributed by atoms with E-state index in [1.165, 1.54) is 43.3 Å². The van der Waals surface area contributed by atoms with Crippen molar-refractivity contribution < 1.29 is 0 Å². The fourth-order valence-corrected chi connectivity index (χ4v) is 8.34. The van der Waals surface area contributed by atoms with Crippen molar-refractivity contribution in [1.82, 2.24) is 0 Å². The largest absolute Gasteiger partial charge is 0.0610 e. The first-order valence-corrected chi connectivity index (χ1v) is 14.0. The van der Waals surface area contributed by atoms with E-state index in [-0.39, 0.29) is 16.0 Å². The molecule has 0 fully saturated rings. The standard InChI is InChI=1S/C26H28IP/c1-25(2,3)18-12-10-17(11-13-18)20-8-7-9-22-21-15-14-19(26(4,5)6)16-23(21)28(27)24(20)22/h7-16H,1-6H3. The number of fused-ring (bicyclic) bond motifs is 3. The summed E-state index contributed by atoms with van der Waals surface area (Å²) in [7, 11) is 0. The second kappa shape index (κ2) is 6.89. The lowest BCUT2D eigenvalue weighted by Crippen LogP contribution is -2.10. The van der Waals surface area contributed by atoms with Crippen LogP contribution in [0.3, 0.4) is 0 Å². The highest BCUT2D eigenvalue weighted by molar-refractivity contribution is 14.2. The Balaban J connectivity index is 1.95. The smallest absolute Gasteiger partial charge is 0.0198 e. The molecule has 0 saturated carbocycles. The molecule has 2 heteroatoms. The van der Waals surface area contributed by atoms with Crippen LogP contribution in [-0.2, 0) is 10.8 Å². The predicted molar refractivity (Wildman–Crippen MR) is 136 cm³/mol. The highest BCUT2D eigenvalue weighted by Gasteiger charge is 2.19. The van der Waals surface area contributed by atoms with Crippen molar-refractivity contribution in [2.75, 3.05) is 0 Å². The van der Waals surface area contributed by atoms with Crippen LogP contribution in [0.4, 0.5) is 0 Å². The van der Waals surface area contributed by atoms with Gasteiger partial charge in [0.25, 0.3) is 0 Å². The summed E-state index contributed by atoms with van der Waals surface area (Å²) < 4.78 is 0. The maximum absolute atomic E-state index is 2.70. The Morgan fingerprint density at radius 1 is 0.679 bits per heavy atom. The maximum Gasteiger partial charge on any atom is 0.0198 e. The molecule has 0 aliphatic carbocycles. The molecule has 0 bridgehead atoms. The molecule has 1 unspecified atom stereocenters. The Bertz CT molecular complexity index is 1170. The van der Waals surface area contributed by atoms with Crippen LogP contribution in [0.25, 0.3) is 32.1 Å². The van der Waals surface area contributed by atoms with Crippen LogP contribution in [0.1, 0.15) is 52.7 Å². The predicted octanol–water partition coefficient (Wildman–Crippen LogP) is 9.44. The number of rotatable bonds is 1. The van der Waals surface area contributed by atoms with Gasteiger partial charge in [-0.15, -0.1) is 0 Å². The molecule has 1 atom stereocenters. The summed E-state index contributed by atoms with van der Waals surface area (Å²) in [5.41, 5.74) is 5.91. The second-order valence-electron chi connectivity index (χ2n) is 9.79. The summed E-state index contributed by atoms with van der Waals surface area (Å²) in [6, 6.07) is 23.2. The van der Waals surface area contributed by atoms with Gasteiger partial charge in [0.15, 0.2) is 0 Å². The van der Waals surface area contributed by atoms with E-state index in [1.54, 1.807) is 0 Å². The minimum Gasteiger partial charge on any atom is -0.0610 e. The van der Waals surface area contributed by atoms with E-state index >= 15 is 0 Å². The summed E-state index contributed by atoms with van der Waals surface area (Å²) in [6.07, 6.45) is 0. The zero-order valence-electron chi connectivity index (χ0n) is 17.6. The molecule has 0 nitrogen and oxygen atoms in total. The molecule has 0 radical (unpaired) electrons. The van der Waals surface area contributed by atoms with Gasteiger partial charge in [-0.25, -0.2) is 0 Å². The summed E-state index contributed by atoms with van der Waals surface area (Å²) >= 11 is 2.70. The molecule has 3 aromatic carbocycles. The summed E-state index contributed by atoms with van der Waals surface area (Å²) in [5, 5.41) is 5.54. The van der Waals surface area contributed by atoms with E-state index in [2.05, 4.69) is 124 Å². The van der Waals surface area contributed by atoms with Gasteiger partial charge < -0.3 is 0 Å². The molecular formula is C26H28IP. The number of hydrogen-bond donors (Lipinski definition) is 0. The van der Waals surface area contributed by atoms with E-state index in [9.17, 15) is 0 Å². The van der Waals surface area contributed by atoms with Gasteiger partial charge in [0.05, 0.1) is 0 Å². The van der Waals surface area contributed by atoms with E-state index in [0.29, 0.717) is 0 Å². The summed E-state index contributed by atoms with van der Waals surface area (Å²) in [4.78, 5) is 0. The fraction of sp³-hybridized carbons (Fsp3) is 0.308. The highest BCUT2D eigenvalue weighted by atomic mass is 127. The van der Waals surface area contributed by atoms with E-state index < -0.39 is 0 Å². The molecule has 0 aliphatic heterocycles. The van der Waals surface area contributed by atoms with Crippen LogP contribution in [-0.4, -0.2) is 0 Å². The SMILES string of the molecule is CC(C)(C)c1ccc(-c2cccc3c4ccc(C(C)(C)C)cc4p(I)c23)cc1. The molecule has 144 valence electrons. The second-order valence-corrected chi connectivity index (χ2v) is 14.2. The van der Waals surface area contributed by atoms with Crippen LogP contribution in [0.5, 0.6) is 0 Å². The summed E-state index contributed by atoms with van der Waals surface area (Å²) in [5.74, 6) is 0. The Morgan fingerprint density at radius 3 is 1.89 bits per heavy atom. The van der Waals surface area contributed by atoms with Gasteiger partial charge in [-0.2, -0.15) is 0 Å². The fourth-order valence-electron chi connectivity index (χ4n) is 3.86. The van der Waals surface area contributed by atoms with E-state index in [1.807, 2.05) is 0 Å². The Kier molecular flexibility index (Phi) is 4.91. The highest BCUT2D eigenvalue weighted by Crippen LogP contribution is 2.57. The van der Waals surface area contributed by atoms with Crippen molar-refractivity contribution in [2.45, 2.75) is 52.4 Å². The van der Waals surface area contributed by atoms with E-state index in [0.717, 1.165) is 0 Å². The average Bonchev–Trinajstić information content (AvgIpc) is 2.93. The van der Waals surface area contributed by atoms with Gasteiger partial charge in [-0.1, -0.05) is 96.1 Å². The van der Waals surface area contributed by atoms with Gasteiger partial charge in [-0.05, 0) is 77.1 Å². The third-order valence-electron chi connectivity index (χ3n) is 5.66. The quantitative estimate of drug-likeness (QED) is 0.229. The molecule has 0 N–H and O–H groups in total. The molecular weight excluding hydrogens is 470 g/mol. The number of halogens is 1. The van der Waals surface area contributed by atoms with Crippen molar-refractivity contribution in [2.24, 2.45) is 0 Å². The zero-order valence-corrected chi connectivity index (χ0v) is 20.7. The first-order chi connectivity index (χ1) is 13.1. The molecule has 0 saturated heterocycles. The van der Waals surface area contributed by atoms with Crippen LogP contribution in [0.15, 0.2) is 60.7 Å². The molecule has 0 amide bonds. The lowest BCUT2D eigenvalue weighted by atomic mass is 9.86. The Labute approximate surface area is 182 Å². The number of hydrogen-bond acceptors (Lipinski definition) is 0. The third-order valence-corrected chi connectivity index (χ3v) is 10.3. The normalized spacial score (nSPS) is 13.5. The van der Waals surface area contributed by atoms with Crippen molar-refractivity contribution >= 4 is 48.2 Å². The Morgan fingerprint density at radius 2 is 1.29 bits per heavy atom. The van der Waals surface area contributed by atoms with E-state index in [4.69, 9.17) is 0 Å². The lowest BCUT2D eigenvalue weighted by molar-refractivity contribution is 0.590. The van der Waals surface area contributed by atoms with Crippen molar-refractivity contribution in [1.29, 1.82) is 0 Å². The minimum absolute atomic E-state index is 0.183. The molecule has 0 aliphatic rings. The lowest BCUT2D eigenvalue weighted by Gasteiger charge is -2.19. The van der Waals surface area contributed by atoms with Crippen molar-refractivity contribution in [3.05, 3.63) is 71.8 Å². The van der Waals surface area contributed by atoms with Crippen LogP contribution in [0.2, 0.25) is 0 Å². The van der Waals surface area contributed by atoms with Crippen molar-refractivity contribution in [3.63, 3.8) is 0 Å². The molecule has 28 heavy (non-hydrogen) atoms. The monoisotopic (exact) mass is 498 g/mol. The van der Waals surface area contributed by atoms with Gasteiger partial charge in [0.2, 0.25) is 0 Å². The van der Waals surface area contributed by atoms with Gasteiger partial charge in [0, 0.05) is 10.2 Å². The molecule has 1 heterocycles. The first kappa shape index (κ1) is 20.0. The first-order valence-electron chi connectivity index (χ1n) is 9.92. The van der Waals surface area contributed by atoms with Crippen LogP contribution < -0.4 is 0 Å². The topological polar surface area (TPSA) is 0 Å². The number of benzene rings is 3. The van der Waals surface area contributed by atoms with Gasteiger partial charge in [0.1, 0.15) is 0 Å². The van der Waals surface area contributed by atoms with Gasteiger partial charge in [-0.3, -0.25) is 0 Å². The van der Waals surface area contributed by atoms with Gasteiger partial charge >= 0.3 is 0 Å². The maximum atomic E-state index is 2.70.